The highest BCUT2D eigenvalue weighted by atomic mass is 79.9. The second-order valence-electron chi connectivity index (χ2n) is 2.71. The number of hydrogen-bond donors (Lipinski definition) is 3. The molecule has 0 aliphatic carbocycles. The number of phenolic OH excluding ortho intramolecular Hbond substituents is 2. The third-order valence-electron chi connectivity index (χ3n) is 1.71. The molecule has 0 saturated carbocycles. The fourth-order valence-electron chi connectivity index (χ4n) is 1.06. The zero-order valence-corrected chi connectivity index (χ0v) is 8.95. The van der Waals surface area contributed by atoms with E-state index in [2.05, 4.69) is 0 Å². The molecular weight excluding hydrogens is 234 g/mol. The molecule has 13 heavy (non-hydrogen) atoms. The maximum absolute atomic E-state index is 9.31. The Kier molecular flexibility index (Phi) is 5.50. The van der Waals surface area contributed by atoms with E-state index in [9.17, 15) is 5.11 Å². The molecule has 74 valence electrons. The molecule has 0 heterocycles. The first kappa shape index (κ1) is 12.3. The molecule has 1 aromatic rings. The van der Waals surface area contributed by atoms with Gasteiger partial charge in [0.2, 0.25) is 0 Å². The molecule has 0 amide bonds. The highest BCUT2D eigenvalue weighted by molar-refractivity contribution is 8.93. The van der Waals surface area contributed by atoms with Crippen molar-refractivity contribution >= 4 is 17.0 Å². The topological polar surface area (TPSA) is 66.5 Å². The summed E-state index contributed by atoms with van der Waals surface area (Å²) in [4.78, 5) is 0. The second-order valence-corrected chi connectivity index (χ2v) is 2.71. The average molecular weight is 248 g/mol. The monoisotopic (exact) mass is 247 g/mol. The molecular formula is C9H14BrNO2. The van der Waals surface area contributed by atoms with E-state index in [-0.39, 0.29) is 28.5 Å². The van der Waals surface area contributed by atoms with E-state index >= 15 is 0 Å². The maximum Gasteiger partial charge on any atom is 0.119 e. The van der Waals surface area contributed by atoms with Crippen molar-refractivity contribution in [3.05, 3.63) is 23.8 Å². The van der Waals surface area contributed by atoms with Gasteiger partial charge < -0.3 is 15.9 Å². The first-order valence-electron chi connectivity index (χ1n) is 3.95. The lowest BCUT2D eigenvalue weighted by Crippen LogP contribution is -2.00. The molecule has 0 aliphatic heterocycles. The maximum atomic E-state index is 9.31. The van der Waals surface area contributed by atoms with Gasteiger partial charge >= 0.3 is 0 Å². The van der Waals surface area contributed by atoms with Crippen LogP contribution in [0.15, 0.2) is 18.2 Å². The zero-order valence-electron chi connectivity index (χ0n) is 7.23. The molecule has 0 fully saturated rings. The van der Waals surface area contributed by atoms with Gasteiger partial charge in [-0.1, -0.05) is 0 Å². The summed E-state index contributed by atoms with van der Waals surface area (Å²) in [7, 11) is 0. The average Bonchev–Trinajstić information content (AvgIpc) is 2.07. The van der Waals surface area contributed by atoms with Crippen LogP contribution in [-0.4, -0.2) is 16.8 Å². The lowest BCUT2D eigenvalue weighted by Gasteiger charge is -2.03. The van der Waals surface area contributed by atoms with Crippen molar-refractivity contribution < 1.29 is 10.2 Å². The zero-order chi connectivity index (χ0) is 8.97. The normalized spacial score (nSPS) is 9.31. The van der Waals surface area contributed by atoms with Crippen molar-refractivity contribution in [3.63, 3.8) is 0 Å². The predicted molar refractivity (Wildman–Crippen MR) is 57.5 cm³/mol. The van der Waals surface area contributed by atoms with Gasteiger partial charge in [0, 0.05) is 0 Å². The fraction of sp³-hybridized carbons (Fsp3) is 0.333. The largest absolute Gasteiger partial charge is 0.508 e. The first-order valence-corrected chi connectivity index (χ1v) is 3.95. The summed E-state index contributed by atoms with van der Waals surface area (Å²) < 4.78 is 0. The number of hydrogen-bond acceptors (Lipinski definition) is 3. The third kappa shape index (κ3) is 3.65. The number of phenols is 2. The molecule has 0 saturated heterocycles. The summed E-state index contributed by atoms with van der Waals surface area (Å²) in [6, 6.07) is 4.51. The fourth-order valence-corrected chi connectivity index (χ4v) is 1.06. The Hall–Kier alpha value is -0.740. The number of halogens is 1. The SMILES string of the molecule is Br.NCCCc1cc(O)ccc1O. The Morgan fingerprint density at radius 2 is 1.92 bits per heavy atom. The molecule has 4 N–H and O–H groups in total. The molecule has 4 heteroatoms. The number of aryl methyl sites for hydroxylation is 1. The van der Waals surface area contributed by atoms with Crippen molar-refractivity contribution in [2.45, 2.75) is 12.8 Å². The van der Waals surface area contributed by atoms with Gasteiger partial charge in [0.1, 0.15) is 11.5 Å². The number of nitrogens with two attached hydrogens (primary N) is 1. The molecule has 0 aromatic heterocycles. The smallest absolute Gasteiger partial charge is 0.119 e. The Labute approximate surface area is 88.0 Å². The lowest BCUT2D eigenvalue weighted by molar-refractivity contribution is 0.453. The van der Waals surface area contributed by atoms with E-state index < -0.39 is 0 Å². The van der Waals surface area contributed by atoms with Crippen molar-refractivity contribution in [1.82, 2.24) is 0 Å². The van der Waals surface area contributed by atoms with E-state index in [1.807, 2.05) is 0 Å². The van der Waals surface area contributed by atoms with Crippen LogP contribution in [0.1, 0.15) is 12.0 Å². The summed E-state index contributed by atoms with van der Waals surface area (Å²) in [5, 5.41) is 18.4. The van der Waals surface area contributed by atoms with Crippen LogP contribution < -0.4 is 5.73 Å². The summed E-state index contributed by atoms with van der Waals surface area (Å²) in [5.41, 5.74) is 6.07. The summed E-state index contributed by atoms with van der Waals surface area (Å²) in [5.74, 6) is 0.404. The van der Waals surface area contributed by atoms with E-state index in [0.29, 0.717) is 13.0 Å². The molecule has 1 aromatic carbocycles. The van der Waals surface area contributed by atoms with Crippen LogP contribution in [0.25, 0.3) is 0 Å². The van der Waals surface area contributed by atoms with Crippen LogP contribution in [0.4, 0.5) is 0 Å². The van der Waals surface area contributed by atoms with Gasteiger partial charge in [0.15, 0.2) is 0 Å². The van der Waals surface area contributed by atoms with Crippen molar-refractivity contribution in [3.8, 4) is 11.5 Å². The van der Waals surface area contributed by atoms with Gasteiger partial charge in [0.05, 0.1) is 0 Å². The molecule has 0 unspecified atom stereocenters. The van der Waals surface area contributed by atoms with E-state index in [1.165, 1.54) is 12.1 Å². The Balaban J connectivity index is 0.00000144. The Morgan fingerprint density at radius 1 is 1.23 bits per heavy atom. The number of benzene rings is 1. The van der Waals surface area contributed by atoms with Crippen LogP contribution in [-0.2, 0) is 6.42 Å². The molecule has 0 spiro atoms. The lowest BCUT2D eigenvalue weighted by atomic mass is 10.1. The standard InChI is InChI=1S/C9H13NO2.BrH/c10-5-1-2-7-6-8(11)3-4-9(7)12;/h3-4,6,11-12H,1-2,5,10H2;1H. The third-order valence-corrected chi connectivity index (χ3v) is 1.71. The molecule has 0 aliphatic rings. The summed E-state index contributed by atoms with van der Waals surface area (Å²) in [6.45, 7) is 0.592. The Morgan fingerprint density at radius 3 is 2.54 bits per heavy atom. The van der Waals surface area contributed by atoms with Crippen LogP contribution in [0.5, 0.6) is 11.5 Å². The van der Waals surface area contributed by atoms with Gasteiger partial charge in [-0.25, -0.2) is 0 Å². The van der Waals surface area contributed by atoms with E-state index in [1.54, 1.807) is 6.07 Å². The summed E-state index contributed by atoms with van der Waals surface area (Å²) in [6.07, 6.45) is 1.52. The minimum atomic E-state index is 0. The highest BCUT2D eigenvalue weighted by Crippen LogP contribution is 2.22. The minimum Gasteiger partial charge on any atom is -0.508 e. The molecule has 0 radical (unpaired) electrons. The molecule has 0 bridgehead atoms. The van der Waals surface area contributed by atoms with Crippen LogP contribution in [0.2, 0.25) is 0 Å². The summed E-state index contributed by atoms with van der Waals surface area (Å²) >= 11 is 0. The first-order chi connectivity index (χ1) is 5.74. The number of rotatable bonds is 3. The van der Waals surface area contributed by atoms with Crippen LogP contribution in [0.3, 0.4) is 0 Å². The van der Waals surface area contributed by atoms with Gasteiger partial charge in [-0.05, 0) is 43.1 Å². The van der Waals surface area contributed by atoms with Gasteiger partial charge in [-0.15, -0.1) is 17.0 Å². The van der Waals surface area contributed by atoms with Crippen molar-refractivity contribution in [1.29, 1.82) is 0 Å². The van der Waals surface area contributed by atoms with E-state index in [0.717, 1.165) is 12.0 Å². The van der Waals surface area contributed by atoms with Crippen molar-refractivity contribution in [2.75, 3.05) is 6.54 Å². The highest BCUT2D eigenvalue weighted by Gasteiger charge is 2.00. The van der Waals surface area contributed by atoms with Crippen LogP contribution >= 0.6 is 17.0 Å². The van der Waals surface area contributed by atoms with E-state index in [4.69, 9.17) is 10.8 Å². The van der Waals surface area contributed by atoms with Crippen LogP contribution in [0, 0.1) is 0 Å². The second kappa shape index (κ2) is 5.83. The molecule has 1 rings (SSSR count). The van der Waals surface area contributed by atoms with Gasteiger partial charge in [-0.2, -0.15) is 0 Å². The minimum absolute atomic E-state index is 0. The van der Waals surface area contributed by atoms with Crippen molar-refractivity contribution in [2.24, 2.45) is 5.73 Å². The van der Waals surface area contributed by atoms with Gasteiger partial charge in [-0.3, -0.25) is 0 Å². The number of aromatic hydroxyl groups is 2. The molecule has 0 atom stereocenters. The predicted octanol–water partition coefficient (Wildman–Crippen LogP) is 1.57. The molecule has 3 nitrogen and oxygen atoms in total. The quantitative estimate of drug-likeness (QED) is 0.711. The van der Waals surface area contributed by atoms with Gasteiger partial charge in [0.25, 0.3) is 0 Å². The Bertz CT molecular complexity index is 266.